The van der Waals surface area contributed by atoms with E-state index in [1.807, 2.05) is 43.3 Å². The van der Waals surface area contributed by atoms with Crippen LogP contribution < -0.4 is 4.74 Å². The molecule has 0 fully saturated rings. The number of carbonyl (C=O) groups excluding carboxylic acids is 2. The van der Waals surface area contributed by atoms with Crippen LogP contribution in [0.15, 0.2) is 58.3 Å². The van der Waals surface area contributed by atoms with Crippen molar-refractivity contribution in [1.29, 1.82) is 0 Å². The summed E-state index contributed by atoms with van der Waals surface area (Å²) in [6.45, 7) is 4.82. The van der Waals surface area contributed by atoms with E-state index in [-0.39, 0.29) is 11.8 Å². The number of hydrogen-bond acceptors (Lipinski definition) is 4. The molecule has 0 radical (unpaired) electrons. The molecule has 0 bridgehead atoms. The molecule has 0 saturated heterocycles. The number of hydrogen-bond donors (Lipinski definition) is 0. The number of thioether (sulfide) groups is 1. The largest absolute Gasteiger partial charge is 0.494 e. The van der Waals surface area contributed by atoms with Gasteiger partial charge in [-0.25, -0.2) is 0 Å². The first-order chi connectivity index (χ1) is 13.0. The summed E-state index contributed by atoms with van der Waals surface area (Å²) in [5.41, 5.74) is 1.15. The number of benzene rings is 2. The average Bonchev–Trinajstić information content (AvgIpc) is 2.91. The van der Waals surface area contributed by atoms with Gasteiger partial charge in [-0.2, -0.15) is 0 Å². The fraction of sp³-hybridized carbons (Fsp3) is 0.238. The van der Waals surface area contributed by atoms with Crippen LogP contribution in [0.25, 0.3) is 5.57 Å². The van der Waals surface area contributed by atoms with Crippen LogP contribution in [0.5, 0.6) is 5.75 Å². The van der Waals surface area contributed by atoms with E-state index >= 15 is 0 Å². The molecule has 2 aromatic carbocycles. The zero-order chi connectivity index (χ0) is 19.4. The van der Waals surface area contributed by atoms with Crippen LogP contribution >= 0.6 is 23.4 Å². The van der Waals surface area contributed by atoms with Crippen LogP contribution in [0.3, 0.4) is 0 Å². The number of likely N-dealkylation sites (N-methyl/N-ethyl adjacent to an activating group) is 1. The van der Waals surface area contributed by atoms with Crippen LogP contribution in [-0.4, -0.2) is 29.9 Å². The van der Waals surface area contributed by atoms with Gasteiger partial charge in [-0.15, -0.1) is 0 Å². The Labute approximate surface area is 168 Å². The van der Waals surface area contributed by atoms with Crippen LogP contribution in [-0.2, 0) is 9.59 Å². The molecule has 2 amide bonds. The standard InChI is InChI=1S/C21H20ClNO3S/c1-3-13-26-16-9-5-14(6-10-16)18-19(21(25)23(4-2)20(18)24)27-17-11-7-15(22)8-12-17/h5-12H,3-4,13H2,1-2H3. The van der Waals surface area contributed by atoms with E-state index in [1.165, 1.54) is 16.7 Å². The lowest BCUT2D eigenvalue weighted by molar-refractivity contribution is -0.136. The normalized spacial score (nSPS) is 14.3. The van der Waals surface area contributed by atoms with Gasteiger partial charge in [0.15, 0.2) is 0 Å². The van der Waals surface area contributed by atoms with Crippen LogP contribution in [0.1, 0.15) is 25.8 Å². The summed E-state index contributed by atoms with van der Waals surface area (Å²) in [5.74, 6) is 0.224. The molecule has 1 aliphatic heterocycles. The summed E-state index contributed by atoms with van der Waals surface area (Å²) in [6, 6.07) is 14.5. The van der Waals surface area contributed by atoms with Crippen LogP contribution in [0.4, 0.5) is 0 Å². The van der Waals surface area contributed by atoms with Crippen molar-refractivity contribution in [1.82, 2.24) is 4.90 Å². The van der Waals surface area contributed by atoms with Crippen molar-refractivity contribution in [3.05, 3.63) is 64.0 Å². The van der Waals surface area contributed by atoms with Crippen molar-refractivity contribution in [2.45, 2.75) is 25.2 Å². The van der Waals surface area contributed by atoms with Gasteiger partial charge in [0.1, 0.15) is 5.75 Å². The molecule has 0 aromatic heterocycles. The number of imide groups is 1. The Kier molecular flexibility index (Phi) is 6.24. The molecule has 0 aliphatic carbocycles. The van der Waals surface area contributed by atoms with Gasteiger partial charge in [-0.05, 0) is 55.3 Å². The highest BCUT2D eigenvalue weighted by atomic mass is 35.5. The van der Waals surface area contributed by atoms with Gasteiger partial charge in [0.25, 0.3) is 11.8 Å². The number of nitrogens with zero attached hydrogens (tertiary/aromatic N) is 1. The zero-order valence-electron chi connectivity index (χ0n) is 15.2. The summed E-state index contributed by atoms with van der Waals surface area (Å²) < 4.78 is 5.60. The highest BCUT2D eigenvalue weighted by Crippen LogP contribution is 2.40. The Morgan fingerprint density at radius 2 is 1.63 bits per heavy atom. The van der Waals surface area contributed by atoms with E-state index in [2.05, 4.69) is 0 Å². The Morgan fingerprint density at radius 3 is 2.22 bits per heavy atom. The summed E-state index contributed by atoms with van der Waals surface area (Å²) in [6.07, 6.45) is 0.924. The number of rotatable bonds is 7. The maximum atomic E-state index is 12.8. The number of ether oxygens (including phenoxy) is 1. The first kappa shape index (κ1) is 19.5. The van der Waals surface area contributed by atoms with Gasteiger partial charge in [0.05, 0.1) is 17.1 Å². The number of carbonyl (C=O) groups is 2. The lowest BCUT2D eigenvalue weighted by Gasteiger charge is -2.11. The summed E-state index contributed by atoms with van der Waals surface area (Å²) in [7, 11) is 0. The van der Waals surface area contributed by atoms with E-state index in [0.29, 0.717) is 34.2 Å². The molecule has 3 rings (SSSR count). The fourth-order valence-electron chi connectivity index (χ4n) is 2.75. The Balaban J connectivity index is 1.97. The predicted octanol–water partition coefficient (Wildman–Crippen LogP) is 5.02. The molecule has 0 spiro atoms. The third-order valence-corrected chi connectivity index (χ3v) is 5.43. The van der Waals surface area contributed by atoms with Gasteiger partial charge in [-0.3, -0.25) is 14.5 Å². The molecule has 1 heterocycles. The van der Waals surface area contributed by atoms with E-state index in [4.69, 9.17) is 16.3 Å². The minimum atomic E-state index is -0.263. The molecule has 0 N–H and O–H groups in total. The number of amides is 2. The lowest BCUT2D eigenvalue weighted by atomic mass is 10.1. The molecule has 2 aromatic rings. The molecule has 1 aliphatic rings. The number of halogens is 1. The first-order valence-corrected chi connectivity index (χ1v) is 10.0. The second-order valence-electron chi connectivity index (χ2n) is 5.99. The van der Waals surface area contributed by atoms with E-state index in [1.54, 1.807) is 19.1 Å². The predicted molar refractivity (Wildman–Crippen MR) is 109 cm³/mol. The maximum absolute atomic E-state index is 12.8. The van der Waals surface area contributed by atoms with E-state index in [9.17, 15) is 9.59 Å². The van der Waals surface area contributed by atoms with Crippen molar-refractivity contribution in [3.8, 4) is 5.75 Å². The van der Waals surface area contributed by atoms with Gasteiger partial charge >= 0.3 is 0 Å². The van der Waals surface area contributed by atoms with Crippen LogP contribution in [0, 0.1) is 0 Å². The Morgan fingerprint density at radius 1 is 0.963 bits per heavy atom. The van der Waals surface area contributed by atoms with Crippen molar-refractivity contribution in [2.24, 2.45) is 0 Å². The average molecular weight is 402 g/mol. The summed E-state index contributed by atoms with van der Waals surface area (Å²) in [5, 5.41) is 0.625. The fourth-order valence-corrected chi connectivity index (χ4v) is 3.89. The van der Waals surface area contributed by atoms with E-state index in [0.717, 1.165) is 17.1 Å². The maximum Gasteiger partial charge on any atom is 0.268 e. The minimum absolute atomic E-state index is 0.260. The summed E-state index contributed by atoms with van der Waals surface area (Å²) in [4.78, 5) is 28.2. The van der Waals surface area contributed by atoms with Gasteiger partial charge in [-0.1, -0.05) is 42.4 Å². The molecular weight excluding hydrogens is 382 g/mol. The third kappa shape index (κ3) is 4.20. The monoisotopic (exact) mass is 401 g/mol. The van der Waals surface area contributed by atoms with E-state index < -0.39 is 0 Å². The lowest BCUT2D eigenvalue weighted by Crippen LogP contribution is -2.31. The van der Waals surface area contributed by atoms with Crippen LogP contribution in [0.2, 0.25) is 5.02 Å². The molecule has 6 heteroatoms. The van der Waals surface area contributed by atoms with Crippen molar-refractivity contribution >= 4 is 40.8 Å². The zero-order valence-corrected chi connectivity index (χ0v) is 16.8. The van der Waals surface area contributed by atoms with Gasteiger partial charge in [0, 0.05) is 16.5 Å². The van der Waals surface area contributed by atoms with Crippen molar-refractivity contribution in [2.75, 3.05) is 13.2 Å². The quantitative estimate of drug-likeness (QED) is 0.611. The molecule has 4 nitrogen and oxygen atoms in total. The highest BCUT2D eigenvalue weighted by Gasteiger charge is 2.38. The molecule has 0 unspecified atom stereocenters. The smallest absolute Gasteiger partial charge is 0.268 e. The van der Waals surface area contributed by atoms with Gasteiger partial charge < -0.3 is 4.74 Å². The SMILES string of the molecule is CCCOc1ccc(C2=C(Sc3ccc(Cl)cc3)C(=O)N(CC)C2=O)cc1. The molecule has 0 saturated carbocycles. The first-order valence-electron chi connectivity index (χ1n) is 8.82. The second kappa shape index (κ2) is 8.63. The Hall–Kier alpha value is -2.24. The van der Waals surface area contributed by atoms with Gasteiger partial charge in [0.2, 0.25) is 0 Å². The molecular formula is C21H20ClNO3S. The van der Waals surface area contributed by atoms with Crippen molar-refractivity contribution in [3.63, 3.8) is 0 Å². The molecule has 140 valence electrons. The topological polar surface area (TPSA) is 46.6 Å². The molecule has 0 atom stereocenters. The third-order valence-electron chi connectivity index (χ3n) is 4.09. The van der Waals surface area contributed by atoms with Crippen molar-refractivity contribution < 1.29 is 14.3 Å². The molecule has 27 heavy (non-hydrogen) atoms. The minimum Gasteiger partial charge on any atom is -0.494 e. The Bertz CT molecular complexity index is 875. The summed E-state index contributed by atoms with van der Waals surface area (Å²) >= 11 is 7.23. The highest BCUT2D eigenvalue weighted by molar-refractivity contribution is 8.04. The second-order valence-corrected chi connectivity index (χ2v) is 7.51.